The van der Waals surface area contributed by atoms with Crippen molar-refractivity contribution in [2.45, 2.75) is 19.8 Å². The minimum absolute atomic E-state index is 0.211. The second kappa shape index (κ2) is 6.59. The average molecular weight is 334 g/mol. The molecule has 1 fully saturated rings. The highest BCUT2D eigenvalue weighted by Crippen LogP contribution is 2.31. The number of ether oxygens (including phenoxy) is 2. The third kappa shape index (κ3) is 3.39. The van der Waals surface area contributed by atoms with Crippen LogP contribution in [0.25, 0.3) is 0 Å². The van der Waals surface area contributed by atoms with Crippen LogP contribution in [0.15, 0.2) is 18.2 Å². The predicted octanol–water partition coefficient (Wildman–Crippen LogP) is 1.51. The number of fused-ring (bicyclic) bond motifs is 1. The maximum Gasteiger partial charge on any atom is 0.317 e. The number of hydrogen-bond donors (Lipinski definition) is 2. The molecule has 2 heterocycles. The highest BCUT2D eigenvalue weighted by molar-refractivity contribution is 5.79. The van der Waals surface area contributed by atoms with E-state index in [4.69, 9.17) is 9.47 Å². The van der Waals surface area contributed by atoms with Crippen LogP contribution in [0.5, 0.6) is 11.5 Å². The first-order valence-corrected chi connectivity index (χ1v) is 8.13. The average Bonchev–Trinajstić information content (AvgIpc) is 2.99. The van der Waals surface area contributed by atoms with Gasteiger partial charge in [-0.3, -0.25) is 4.79 Å². The molecule has 7 heteroatoms. The van der Waals surface area contributed by atoms with E-state index in [2.05, 4.69) is 5.32 Å². The van der Waals surface area contributed by atoms with Crippen LogP contribution < -0.4 is 14.8 Å². The molecule has 3 rings (SSSR count). The largest absolute Gasteiger partial charge is 0.486 e. The first-order chi connectivity index (χ1) is 11.5. The Morgan fingerprint density at radius 3 is 2.75 bits per heavy atom. The molecule has 2 amide bonds. The lowest BCUT2D eigenvalue weighted by Crippen LogP contribution is -2.41. The summed E-state index contributed by atoms with van der Waals surface area (Å²) in [6.45, 7) is 3.99. The van der Waals surface area contributed by atoms with E-state index in [0.29, 0.717) is 39.1 Å². The molecule has 0 spiro atoms. The second-order valence-electron chi connectivity index (χ2n) is 6.50. The van der Waals surface area contributed by atoms with Gasteiger partial charge in [-0.15, -0.1) is 0 Å². The molecule has 1 saturated heterocycles. The monoisotopic (exact) mass is 334 g/mol. The van der Waals surface area contributed by atoms with Gasteiger partial charge in [-0.25, -0.2) is 4.79 Å². The Hall–Kier alpha value is -2.44. The number of nitrogens with one attached hydrogen (secondary N) is 1. The number of benzene rings is 1. The van der Waals surface area contributed by atoms with Crippen molar-refractivity contribution in [1.29, 1.82) is 0 Å². The maximum absolute atomic E-state index is 12.2. The molecule has 0 aliphatic carbocycles. The van der Waals surface area contributed by atoms with E-state index in [9.17, 15) is 14.7 Å². The highest BCUT2D eigenvalue weighted by Gasteiger charge is 2.42. The van der Waals surface area contributed by atoms with Gasteiger partial charge in [0.1, 0.15) is 13.2 Å². The molecule has 24 heavy (non-hydrogen) atoms. The lowest BCUT2D eigenvalue weighted by molar-refractivity contribution is -0.146. The Labute approximate surface area is 140 Å². The van der Waals surface area contributed by atoms with Crippen LogP contribution in [0.2, 0.25) is 0 Å². The van der Waals surface area contributed by atoms with Crippen molar-refractivity contribution < 1.29 is 24.2 Å². The lowest BCUT2D eigenvalue weighted by Gasteiger charge is -2.21. The van der Waals surface area contributed by atoms with E-state index < -0.39 is 11.4 Å². The predicted molar refractivity (Wildman–Crippen MR) is 86.5 cm³/mol. The topological polar surface area (TPSA) is 88.1 Å². The summed E-state index contributed by atoms with van der Waals surface area (Å²) in [5.41, 5.74) is 0.212. The number of carbonyl (C=O) groups is 2. The van der Waals surface area contributed by atoms with Gasteiger partial charge in [0.15, 0.2) is 11.5 Å². The molecular formula is C17H22N2O5. The van der Waals surface area contributed by atoms with Gasteiger partial charge in [-0.2, -0.15) is 0 Å². The number of likely N-dealkylation sites (tertiary alicyclic amines) is 1. The molecule has 2 N–H and O–H groups in total. The number of carboxylic acid groups (broad SMARTS) is 1. The third-order valence-electron chi connectivity index (χ3n) is 4.57. The first kappa shape index (κ1) is 16.4. The fourth-order valence-electron chi connectivity index (χ4n) is 2.98. The molecule has 1 unspecified atom stereocenters. The van der Waals surface area contributed by atoms with Gasteiger partial charge < -0.3 is 24.8 Å². The van der Waals surface area contributed by atoms with E-state index in [1.54, 1.807) is 11.8 Å². The van der Waals surface area contributed by atoms with Crippen LogP contribution in [0.4, 0.5) is 4.79 Å². The van der Waals surface area contributed by atoms with Crippen LogP contribution in [0, 0.1) is 5.41 Å². The van der Waals surface area contributed by atoms with Gasteiger partial charge in [0, 0.05) is 19.6 Å². The Balaban J connectivity index is 1.48. The molecular weight excluding hydrogens is 312 g/mol. The summed E-state index contributed by atoms with van der Waals surface area (Å²) in [5.74, 6) is 0.634. The van der Waals surface area contributed by atoms with Crippen molar-refractivity contribution in [1.82, 2.24) is 10.2 Å². The van der Waals surface area contributed by atoms with E-state index >= 15 is 0 Å². The van der Waals surface area contributed by atoms with E-state index in [0.717, 1.165) is 17.1 Å². The molecule has 130 valence electrons. The third-order valence-corrected chi connectivity index (χ3v) is 4.57. The second-order valence-corrected chi connectivity index (χ2v) is 6.50. The molecule has 2 aliphatic heterocycles. The van der Waals surface area contributed by atoms with Crippen LogP contribution in [-0.2, 0) is 11.2 Å². The Kier molecular flexibility index (Phi) is 4.51. The summed E-state index contributed by atoms with van der Waals surface area (Å²) >= 11 is 0. The summed E-state index contributed by atoms with van der Waals surface area (Å²) in [4.78, 5) is 25.0. The molecule has 0 aromatic heterocycles. The van der Waals surface area contributed by atoms with Crippen LogP contribution in [-0.4, -0.2) is 54.9 Å². The maximum atomic E-state index is 12.2. The molecule has 1 aromatic rings. The van der Waals surface area contributed by atoms with Gasteiger partial charge >= 0.3 is 12.0 Å². The summed E-state index contributed by atoms with van der Waals surface area (Å²) in [6, 6.07) is 5.55. The van der Waals surface area contributed by atoms with E-state index in [1.807, 2.05) is 18.2 Å². The number of amides is 2. The number of carbonyl (C=O) groups excluding carboxylic acids is 1. The summed E-state index contributed by atoms with van der Waals surface area (Å²) in [7, 11) is 0. The Bertz CT molecular complexity index is 648. The smallest absolute Gasteiger partial charge is 0.317 e. The number of carboxylic acids is 1. The van der Waals surface area contributed by atoms with Crippen molar-refractivity contribution in [2.75, 3.05) is 32.8 Å². The zero-order valence-electron chi connectivity index (χ0n) is 13.7. The molecule has 1 aromatic carbocycles. The quantitative estimate of drug-likeness (QED) is 0.871. The van der Waals surface area contributed by atoms with Gasteiger partial charge in [-0.05, 0) is 37.5 Å². The summed E-state index contributed by atoms with van der Waals surface area (Å²) < 4.78 is 11.0. The Morgan fingerprint density at radius 1 is 1.29 bits per heavy atom. The fraction of sp³-hybridized carbons (Fsp3) is 0.529. The molecule has 1 atom stereocenters. The van der Waals surface area contributed by atoms with Gasteiger partial charge in [0.2, 0.25) is 0 Å². The summed E-state index contributed by atoms with van der Waals surface area (Å²) in [6.07, 6.45) is 1.16. The molecule has 2 aliphatic rings. The standard InChI is InChI=1S/C17H22N2O5/c1-17(15(20)21)5-7-19(11-17)16(22)18-6-4-12-2-3-13-14(10-12)24-9-8-23-13/h2-3,10H,4-9,11H2,1H3,(H,18,22)(H,20,21). The number of rotatable bonds is 4. The SMILES string of the molecule is CC1(C(=O)O)CCN(C(=O)NCCc2ccc3c(c2)OCCO3)C1. The Morgan fingerprint density at radius 2 is 2.04 bits per heavy atom. The van der Waals surface area contributed by atoms with Crippen LogP contribution in [0.1, 0.15) is 18.9 Å². The van der Waals surface area contributed by atoms with Crippen molar-refractivity contribution in [2.24, 2.45) is 5.41 Å². The highest BCUT2D eigenvalue weighted by atomic mass is 16.6. The van der Waals surface area contributed by atoms with Crippen molar-refractivity contribution in [3.05, 3.63) is 23.8 Å². The number of nitrogens with zero attached hydrogens (tertiary/aromatic N) is 1. The number of hydrogen-bond acceptors (Lipinski definition) is 4. The number of aliphatic carboxylic acids is 1. The zero-order valence-corrected chi connectivity index (χ0v) is 13.7. The summed E-state index contributed by atoms with van der Waals surface area (Å²) in [5, 5.41) is 12.1. The van der Waals surface area contributed by atoms with Crippen LogP contribution in [0.3, 0.4) is 0 Å². The van der Waals surface area contributed by atoms with E-state index in [1.165, 1.54) is 0 Å². The molecule has 0 saturated carbocycles. The molecule has 7 nitrogen and oxygen atoms in total. The van der Waals surface area contributed by atoms with Gasteiger partial charge in [0.05, 0.1) is 5.41 Å². The minimum atomic E-state index is -0.853. The van der Waals surface area contributed by atoms with Crippen LogP contribution >= 0.6 is 0 Å². The van der Waals surface area contributed by atoms with E-state index in [-0.39, 0.29) is 12.6 Å². The first-order valence-electron chi connectivity index (χ1n) is 8.13. The zero-order chi connectivity index (χ0) is 17.2. The lowest BCUT2D eigenvalue weighted by atomic mass is 9.90. The van der Waals surface area contributed by atoms with Crippen molar-refractivity contribution in [3.63, 3.8) is 0 Å². The normalized spacial score (nSPS) is 22.3. The van der Waals surface area contributed by atoms with Gasteiger partial charge in [0.25, 0.3) is 0 Å². The minimum Gasteiger partial charge on any atom is -0.486 e. The molecule has 0 radical (unpaired) electrons. The number of urea groups is 1. The van der Waals surface area contributed by atoms with Crippen molar-refractivity contribution >= 4 is 12.0 Å². The van der Waals surface area contributed by atoms with Crippen molar-refractivity contribution in [3.8, 4) is 11.5 Å². The fourth-order valence-corrected chi connectivity index (χ4v) is 2.98. The van der Waals surface area contributed by atoms with Gasteiger partial charge in [-0.1, -0.05) is 6.07 Å². The molecule has 0 bridgehead atoms.